The molecule has 2 amide bonds. The summed E-state index contributed by atoms with van der Waals surface area (Å²) >= 11 is 1.31. The van der Waals surface area contributed by atoms with Crippen LogP contribution in [0.3, 0.4) is 0 Å². The molecule has 0 fully saturated rings. The lowest BCUT2D eigenvalue weighted by molar-refractivity contribution is -0.142. The number of methoxy groups -OCH3 is 1. The molecule has 2 unspecified atom stereocenters. The van der Waals surface area contributed by atoms with Crippen molar-refractivity contribution < 1.29 is 24.2 Å². The molecule has 1 rings (SSSR count). The Labute approximate surface area is 145 Å². The van der Waals surface area contributed by atoms with E-state index < -0.39 is 17.3 Å². The molecule has 24 heavy (non-hydrogen) atoms. The fourth-order valence-corrected chi connectivity index (χ4v) is 2.74. The van der Waals surface area contributed by atoms with Crippen LogP contribution in [0.5, 0.6) is 0 Å². The zero-order valence-electron chi connectivity index (χ0n) is 13.9. The van der Waals surface area contributed by atoms with Crippen molar-refractivity contribution in [3.8, 4) is 0 Å². The van der Waals surface area contributed by atoms with Gasteiger partial charge < -0.3 is 20.5 Å². The Balaban J connectivity index is 2.59. The zero-order chi connectivity index (χ0) is 18.1. The number of aliphatic carboxylic acids is 1. The van der Waals surface area contributed by atoms with E-state index in [0.717, 1.165) is 4.90 Å². The number of anilines is 1. The largest absolute Gasteiger partial charge is 0.480 e. The molecule has 0 aliphatic heterocycles. The number of amides is 2. The molecule has 0 heterocycles. The monoisotopic (exact) mass is 354 g/mol. The van der Waals surface area contributed by atoms with Gasteiger partial charge in [0.05, 0.1) is 5.25 Å². The minimum atomic E-state index is -1.09. The van der Waals surface area contributed by atoms with Gasteiger partial charge in [-0.2, -0.15) is 0 Å². The van der Waals surface area contributed by atoms with Gasteiger partial charge in [-0.3, -0.25) is 9.59 Å². The quantitative estimate of drug-likeness (QED) is 0.583. The van der Waals surface area contributed by atoms with Gasteiger partial charge in [-0.15, -0.1) is 11.8 Å². The Morgan fingerprint density at radius 1 is 1.25 bits per heavy atom. The van der Waals surface area contributed by atoms with Crippen molar-refractivity contribution in [1.29, 1.82) is 0 Å². The highest BCUT2D eigenvalue weighted by molar-refractivity contribution is 8.00. The van der Waals surface area contributed by atoms with Gasteiger partial charge in [-0.25, -0.2) is 4.79 Å². The first kappa shape index (κ1) is 20.0. The highest BCUT2D eigenvalue weighted by atomic mass is 32.2. The molecule has 0 spiro atoms. The highest BCUT2D eigenvalue weighted by Gasteiger charge is 2.23. The number of hydrogen-bond acceptors (Lipinski definition) is 5. The molecule has 3 N–H and O–H groups in total. The molecule has 7 nitrogen and oxygen atoms in total. The molecule has 0 aliphatic carbocycles. The van der Waals surface area contributed by atoms with Gasteiger partial charge in [0.1, 0.15) is 6.04 Å². The molecular formula is C16H22N2O5S. The van der Waals surface area contributed by atoms with E-state index in [-0.39, 0.29) is 24.8 Å². The maximum Gasteiger partial charge on any atom is 0.326 e. The number of hydrogen-bond donors (Lipinski definition) is 3. The number of carboxylic acids is 1. The molecular weight excluding hydrogens is 332 g/mol. The lowest BCUT2D eigenvalue weighted by atomic mass is 10.2. The number of carboxylic acid groups (broad SMARTS) is 1. The Hall–Kier alpha value is -2.06. The molecule has 2 atom stereocenters. The lowest BCUT2D eigenvalue weighted by Crippen LogP contribution is -2.44. The SMILES string of the molecule is COCCC(NC(=O)C(C)Sc1ccc(NC(C)=O)cc1)C(=O)O. The summed E-state index contributed by atoms with van der Waals surface area (Å²) in [7, 11) is 1.48. The van der Waals surface area contributed by atoms with Crippen LogP contribution in [-0.2, 0) is 19.1 Å². The van der Waals surface area contributed by atoms with E-state index in [0.29, 0.717) is 5.69 Å². The van der Waals surface area contributed by atoms with Crippen molar-refractivity contribution >= 4 is 35.2 Å². The summed E-state index contributed by atoms with van der Waals surface area (Å²) in [6.07, 6.45) is 0.209. The molecule has 1 aromatic carbocycles. The second kappa shape index (κ2) is 9.94. The number of nitrogens with one attached hydrogen (secondary N) is 2. The second-order valence-corrected chi connectivity index (χ2v) is 6.56. The third kappa shape index (κ3) is 7.01. The van der Waals surface area contributed by atoms with Gasteiger partial charge in [-0.05, 0) is 31.2 Å². The summed E-state index contributed by atoms with van der Waals surface area (Å²) < 4.78 is 4.85. The van der Waals surface area contributed by atoms with Crippen LogP contribution in [0.25, 0.3) is 0 Å². The standard InChI is InChI=1S/C16H22N2O5S/c1-10(15(20)18-14(16(21)22)8-9-23-3)24-13-6-4-12(5-7-13)17-11(2)19/h4-7,10,14H,8-9H2,1-3H3,(H,17,19)(H,18,20)(H,21,22). The first-order valence-electron chi connectivity index (χ1n) is 7.40. The van der Waals surface area contributed by atoms with E-state index in [1.54, 1.807) is 31.2 Å². The maximum absolute atomic E-state index is 12.1. The fraction of sp³-hybridized carbons (Fsp3) is 0.438. The molecule has 0 radical (unpaired) electrons. The van der Waals surface area contributed by atoms with Crippen molar-refractivity contribution in [3.63, 3.8) is 0 Å². The number of thioether (sulfide) groups is 1. The summed E-state index contributed by atoms with van der Waals surface area (Å²) in [6.45, 7) is 3.39. The second-order valence-electron chi connectivity index (χ2n) is 5.15. The number of carbonyl (C=O) groups excluding carboxylic acids is 2. The normalized spacial score (nSPS) is 13.0. The van der Waals surface area contributed by atoms with Crippen LogP contribution in [-0.4, -0.2) is 47.9 Å². The van der Waals surface area contributed by atoms with Crippen molar-refractivity contribution in [3.05, 3.63) is 24.3 Å². The third-order valence-corrected chi connectivity index (χ3v) is 4.19. The van der Waals surface area contributed by atoms with E-state index in [1.807, 2.05) is 0 Å². The van der Waals surface area contributed by atoms with Gasteiger partial charge in [0.25, 0.3) is 0 Å². The van der Waals surface area contributed by atoms with Crippen LogP contribution in [0.1, 0.15) is 20.3 Å². The Morgan fingerprint density at radius 2 is 1.88 bits per heavy atom. The van der Waals surface area contributed by atoms with Crippen LogP contribution in [0, 0.1) is 0 Å². The van der Waals surface area contributed by atoms with Gasteiger partial charge in [0.15, 0.2) is 0 Å². The minimum absolute atomic E-state index is 0.154. The van der Waals surface area contributed by atoms with Gasteiger partial charge in [0.2, 0.25) is 11.8 Å². The smallest absolute Gasteiger partial charge is 0.326 e. The highest BCUT2D eigenvalue weighted by Crippen LogP contribution is 2.25. The summed E-state index contributed by atoms with van der Waals surface area (Å²) in [5, 5.41) is 13.8. The molecule has 132 valence electrons. The topological polar surface area (TPSA) is 105 Å². The van der Waals surface area contributed by atoms with Gasteiger partial charge in [-0.1, -0.05) is 0 Å². The summed E-state index contributed by atoms with van der Waals surface area (Å²) in [6, 6.07) is 6.10. The maximum atomic E-state index is 12.1. The molecule has 0 saturated heterocycles. The first-order valence-corrected chi connectivity index (χ1v) is 8.28. The van der Waals surface area contributed by atoms with Gasteiger partial charge in [0, 0.05) is 37.6 Å². The Bertz CT molecular complexity index is 576. The van der Waals surface area contributed by atoms with E-state index >= 15 is 0 Å². The molecule has 1 aromatic rings. The fourth-order valence-electron chi connectivity index (χ4n) is 1.86. The number of ether oxygens (including phenoxy) is 1. The Kier molecular flexibility index (Phi) is 8.28. The zero-order valence-corrected chi connectivity index (χ0v) is 14.7. The van der Waals surface area contributed by atoms with E-state index in [9.17, 15) is 14.4 Å². The summed E-state index contributed by atoms with van der Waals surface area (Å²) in [4.78, 5) is 35.1. The van der Waals surface area contributed by atoms with Crippen LogP contribution in [0.4, 0.5) is 5.69 Å². The van der Waals surface area contributed by atoms with Crippen molar-refractivity contribution in [2.75, 3.05) is 19.0 Å². The van der Waals surface area contributed by atoms with Crippen molar-refractivity contribution in [2.45, 2.75) is 36.5 Å². The number of rotatable bonds is 9. The number of benzene rings is 1. The molecule has 8 heteroatoms. The Morgan fingerprint density at radius 3 is 2.38 bits per heavy atom. The summed E-state index contributed by atoms with van der Waals surface area (Å²) in [5.74, 6) is -1.59. The van der Waals surface area contributed by atoms with E-state index in [1.165, 1.54) is 25.8 Å². The molecule has 0 aliphatic rings. The predicted molar refractivity (Wildman–Crippen MR) is 92.1 cm³/mol. The van der Waals surface area contributed by atoms with E-state index in [4.69, 9.17) is 9.84 Å². The molecule has 0 saturated carbocycles. The summed E-state index contributed by atoms with van der Waals surface area (Å²) in [5.41, 5.74) is 0.675. The average molecular weight is 354 g/mol. The third-order valence-electron chi connectivity index (χ3n) is 3.08. The molecule has 0 bridgehead atoms. The number of carbonyl (C=O) groups is 3. The van der Waals surface area contributed by atoms with Crippen molar-refractivity contribution in [2.24, 2.45) is 0 Å². The average Bonchev–Trinajstić information content (AvgIpc) is 2.52. The minimum Gasteiger partial charge on any atom is -0.480 e. The van der Waals surface area contributed by atoms with Crippen LogP contribution >= 0.6 is 11.8 Å². The van der Waals surface area contributed by atoms with Crippen molar-refractivity contribution in [1.82, 2.24) is 5.32 Å². The van der Waals surface area contributed by atoms with Gasteiger partial charge >= 0.3 is 5.97 Å². The van der Waals surface area contributed by atoms with Crippen LogP contribution in [0.2, 0.25) is 0 Å². The predicted octanol–water partition coefficient (Wildman–Crippen LogP) is 1.73. The van der Waals surface area contributed by atoms with Crippen LogP contribution < -0.4 is 10.6 Å². The first-order chi connectivity index (χ1) is 11.3. The van der Waals surface area contributed by atoms with Crippen LogP contribution in [0.15, 0.2) is 29.2 Å². The molecule has 0 aromatic heterocycles. The van der Waals surface area contributed by atoms with E-state index in [2.05, 4.69) is 10.6 Å². The lowest BCUT2D eigenvalue weighted by Gasteiger charge is -2.17.